The van der Waals surface area contributed by atoms with Crippen LogP contribution >= 0.6 is 0 Å². The minimum absolute atomic E-state index is 0.0374. The molecule has 2 nitrogen and oxygen atoms in total. The van der Waals surface area contributed by atoms with Crippen molar-refractivity contribution in [3.63, 3.8) is 0 Å². The van der Waals surface area contributed by atoms with Crippen molar-refractivity contribution in [3.8, 4) is 0 Å². The summed E-state index contributed by atoms with van der Waals surface area (Å²) in [6.45, 7) is 5.74. The molecule has 2 heteroatoms. The van der Waals surface area contributed by atoms with Crippen molar-refractivity contribution in [1.29, 1.82) is 0 Å². The van der Waals surface area contributed by atoms with E-state index >= 15 is 0 Å². The van der Waals surface area contributed by atoms with Crippen LogP contribution in [0.5, 0.6) is 0 Å². The maximum absolute atomic E-state index is 12.0. The summed E-state index contributed by atoms with van der Waals surface area (Å²) in [5.74, 6) is 0.306. The number of carbonyl (C=O) groups is 1. The van der Waals surface area contributed by atoms with Crippen LogP contribution in [0.1, 0.15) is 38.7 Å². The van der Waals surface area contributed by atoms with Crippen LogP contribution in [0.3, 0.4) is 0 Å². The molecule has 0 spiro atoms. The normalized spacial score (nSPS) is 21.8. The molecule has 104 valence electrons. The minimum Gasteiger partial charge on any atom is -0.460 e. The second-order valence-corrected chi connectivity index (χ2v) is 6.59. The van der Waals surface area contributed by atoms with Gasteiger partial charge in [-0.3, -0.25) is 4.79 Å². The molecule has 20 heavy (non-hydrogen) atoms. The highest BCUT2D eigenvalue weighted by molar-refractivity contribution is 5.84. The van der Waals surface area contributed by atoms with Gasteiger partial charge in [0, 0.05) is 0 Å². The average Bonchev–Trinajstić information content (AvgIpc) is 3.16. The minimum atomic E-state index is -0.395. The monoisotopic (exact) mass is 268 g/mol. The fraction of sp³-hybridized carbons (Fsp3) is 0.389. The zero-order chi connectivity index (χ0) is 14.3. The van der Waals surface area contributed by atoms with Gasteiger partial charge in [0.1, 0.15) is 5.60 Å². The lowest BCUT2D eigenvalue weighted by molar-refractivity contribution is -0.156. The SMILES string of the molecule is CC(C)(C)OC(=O)[C@@H]1C[C@@H]1c1ccc2ccccc2c1. The third kappa shape index (κ3) is 2.69. The van der Waals surface area contributed by atoms with Crippen LogP contribution in [0.15, 0.2) is 42.5 Å². The van der Waals surface area contributed by atoms with Gasteiger partial charge in [0.15, 0.2) is 0 Å². The predicted molar refractivity (Wildman–Crippen MR) is 80.6 cm³/mol. The molecule has 1 aliphatic rings. The van der Waals surface area contributed by atoms with Gasteiger partial charge in [-0.1, -0.05) is 42.5 Å². The summed E-state index contributed by atoms with van der Waals surface area (Å²) in [6.07, 6.45) is 0.910. The first kappa shape index (κ1) is 13.2. The van der Waals surface area contributed by atoms with Crippen molar-refractivity contribution < 1.29 is 9.53 Å². The van der Waals surface area contributed by atoms with Crippen molar-refractivity contribution >= 4 is 16.7 Å². The van der Waals surface area contributed by atoms with E-state index in [1.54, 1.807) is 0 Å². The molecule has 0 radical (unpaired) electrons. The highest BCUT2D eigenvalue weighted by Gasteiger charge is 2.46. The molecule has 0 heterocycles. The molecule has 0 unspecified atom stereocenters. The van der Waals surface area contributed by atoms with Gasteiger partial charge in [-0.15, -0.1) is 0 Å². The molecule has 0 N–H and O–H groups in total. The fourth-order valence-corrected chi connectivity index (χ4v) is 2.64. The molecule has 2 aromatic carbocycles. The van der Waals surface area contributed by atoms with Gasteiger partial charge >= 0.3 is 5.97 Å². The Kier molecular flexibility index (Phi) is 3.04. The third-order valence-electron chi connectivity index (χ3n) is 3.70. The lowest BCUT2D eigenvalue weighted by Gasteiger charge is -2.19. The van der Waals surface area contributed by atoms with Crippen molar-refractivity contribution in [3.05, 3.63) is 48.0 Å². The summed E-state index contributed by atoms with van der Waals surface area (Å²) in [6, 6.07) is 14.8. The Labute approximate surface area is 119 Å². The highest BCUT2D eigenvalue weighted by Crippen LogP contribution is 2.49. The molecule has 2 aromatic rings. The van der Waals surface area contributed by atoms with E-state index in [2.05, 4.69) is 30.3 Å². The maximum Gasteiger partial charge on any atom is 0.310 e. The lowest BCUT2D eigenvalue weighted by Crippen LogP contribution is -2.25. The highest BCUT2D eigenvalue weighted by atomic mass is 16.6. The predicted octanol–water partition coefficient (Wildman–Crippen LogP) is 4.29. The molecule has 0 aromatic heterocycles. The number of fused-ring (bicyclic) bond motifs is 1. The Morgan fingerprint density at radius 3 is 2.50 bits per heavy atom. The quantitative estimate of drug-likeness (QED) is 0.760. The molecular formula is C18H20O2. The van der Waals surface area contributed by atoms with E-state index in [-0.39, 0.29) is 11.9 Å². The van der Waals surface area contributed by atoms with Crippen LogP contribution in [-0.2, 0) is 9.53 Å². The van der Waals surface area contributed by atoms with Crippen LogP contribution < -0.4 is 0 Å². The smallest absolute Gasteiger partial charge is 0.310 e. The van der Waals surface area contributed by atoms with E-state index in [4.69, 9.17) is 4.74 Å². The summed E-state index contributed by atoms with van der Waals surface area (Å²) in [7, 11) is 0. The van der Waals surface area contributed by atoms with E-state index in [1.807, 2.05) is 32.9 Å². The summed E-state index contributed by atoms with van der Waals surface area (Å²) >= 11 is 0. The van der Waals surface area contributed by atoms with Crippen LogP contribution in [0.25, 0.3) is 10.8 Å². The summed E-state index contributed by atoms with van der Waals surface area (Å²) in [5.41, 5.74) is 0.854. The number of hydrogen-bond donors (Lipinski definition) is 0. The Morgan fingerprint density at radius 1 is 1.10 bits per heavy atom. The second kappa shape index (κ2) is 4.62. The Hall–Kier alpha value is -1.83. The summed E-state index contributed by atoms with van der Waals surface area (Å²) < 4.78 is 5.46. The van der Waals surface area contributed by atoms with Crippen LogP contribution in [0, 0.1) is 5.92 Å². The topological polar surface area (TPSA) is 26.3 Å². The number of ether oxygens (including phenoxy) is 1. The summed E-state index contributed by atoms with van der Waals surface area (Å²) in [4.78, 5) is 12.0. The van der Waals surface area contributed by atoms with Crippen molar-refractivity contribution in [2.45, 2.75) is 38.7 Å². The zero-order valence-corrected chi connectivity index (χ0v) is 12.2. The van der Waals surface area contributed by atoms with E-state index in [0.29, 0.717) is 5.92 Å². The number of benzene rings is 2. The fourth-order valence-electron chi connectivity index (χ4n) is 2.64. The molecule has 3 rings (SSSR count). The molecule has 2 atom stereocenters. The van der Waals surface area contributed by atoms with Crippen molar-refractivity contribution in [1.82, 2.24) is 0 Å². The molecule has 0 saturated heterocycles. The van der Waals surface area contributed by atoms with Gasteiger partial charge < -0.3 is 4.74 Å². The van der Waals surface area contributed by atoms with Gasteiger partial charge in [0.2, 0.25) is 0 Å². The molecule has 0 amide bonds. The molecule has 1 fully saturated rings. The first-order chi connectivity index (χ1) is 9.44. The van der Waals surface area contributed by atoms with Crippen LogP contribution in [0.2, 0.25) is 0 Å². The average molecular weight is 268 g/mol. The first-order valence-corrected chi connectivity index (χ1v) is 7.15. The number of rotatable bonds is 2. The van der Waals surface area contributed by atoms with E-state index in [1.165, 1.54) is 16.3 Å². The van der Waals surface area contributed by atoms with Gasteiger partial charge in [0.25, 0.3) is 0 Å². The zero-order valence-electron chi connectivity index (χ0n) is 12.2. The third-order valence-corrected chi connectivity index (χ3v) is 3.70. The maximum atomic E-state index is 12.0. The van der Waals surface area contributed by atoms with E-state index < -0.39 is 5.60 Å². The van der Waals surface area contributed by atoms with Crippen LogP contribution in [-0.4, -0.2) is 11.6 Å². The Morgan fingerprint density at radius 2 is 1.80 bits per heavy atom. The second-order valence-electron chi connectivity index (χ2n) is 6.59. The van der Waals surface area contributed by atoms with Gasteiger partial charge in [-0.2, -0.15) is 0 Å². The van der Waals surface area contributed by atoms with E-state index in [0.717, 1.165) is 6.42 Å². The molecule has 0 aliphatic heterocycles. The molecule has 1 saturated carbocycles. The van der Waals surface area contributed by atoms with Gasteiger partial charge in [-0.25, -0.2) is 0 Å². The first-order valence-electron chi connectivity index (χ1n) is 7.15. The van der Waals surface area contributed by atoms with Gasteiger partial charge in [0.05, 0.1) is 5.92 Å². The number of hydrogen-bond acceptors (Lipinski definition) is 2. The van der Waals surface area contributed by atoms with Gasteiger partial charge in [-0.05, 0) is 49.4 Å². The number of esters is 1. The van der Waals surface area contributed by atoms with E-state index in [9.17, 15) is 4.79 Å². The standard InChI is InChI=1S/C18H20O2/c1-18(2,3)20-17(19)16-11-15(16)14-9-8-12-6-4-5-7-13(12)10-14/h4-10,15-16H,11H2,1-3H3/t15-,16-/m1/s1. The lowest BCUT2D eigenvalue weighted by atomic mass is 10.0. The number of carbonyl (C=O) groups excluding carboxylic acids is 1. The Bertz CT molecular complexity index is 652. The largest absolute Gasteiger partial charge is 0.460 e. The van der Waals surface area contributed by atoms with Crippen molar-refractivity contribution in [2.75, 3.05) is 0 Å². The summed E-state index contributed by atoms with van der Waals surface area (Å²) in [5, 5.41) is 2.48. The molecular weight excluding hydrogens is 248 g/mol. The Balaban J connectivity index is 1.76. The van der Waals surface area contributed by atoms with Crippen molar-refractivity contribution in [2.24, 2.45) is 5.92 Å². The molecule has 0 bridgehead atoms. The molecule has 1 aliphatic carbocycles. The van der Waals surface area contributed by atoms with Crippen LogP contribution in [0.4, 0.5) is 0 Å².